The van der Waals surface area contributed by atoms with Crippen LogP contribution in [0.5, 0.6) is 0 Å². The predicted octanol–water partition coefficient (Wildman–Crippen LogP) is 2.51. The molecule has 0 aliphatic rings. The molecule has 0 heterocycles. The Balaban J connectivity index is 2.94. The van der Waals surface area contributed by atoms with Crippen molar-refractivity contribution in [2.75, 3.05) is 13.1 Å². The zero-order valence-corrected chi connectivity index (χ0v) is 10.9. The quantitative estimate of drug-likeness (QED) is 0.917. The average molecular weight is 274 g/mol. The van der Waals surface area contributed by atoms with Crippen molar-refractivity contribution >= 4 is 5.91 Å². The molecule has 6 heteroatoms. The van der Waals surface area contributed by atoms with Gasteiger partial charge in [0.05, 0.1) is 5.56 Å². The molecule has 1 rings (SSSR count). The van der Waals surface area contributed by atoms with Crippen LogP contribution in [-0.4, -0.2) is 29.9 Å². The first-order valence-electron chi connectivity index (χ1n) is 5.95. The van der Waals surface area contributed by atoms with Gasteiger partial charge in [-0.2, -0.15) is 13.2 Å². The van der Waals surface area contributed by atoms with Crippen molar-refractivity contribution in [2.24, 2.45) is 5.73 Å². The molecule has 1 aromatic rings. The second-order valence-electron chi connectivity index (χ2n) is 4.46. The van der Waals surface area contributed by atoms with E-state index < -0.39 is 11.7 Å². The monoisotopic (exact) mass is 274 g/mol. The Kier molecular flexibility index (Phi) is 4.94. The molecule has 0 spiro atoms. The lowest BCUT2D eigenvalue weighted by atomic mass is 10.1. The fraction of sp³-hybridized carbons (Fsp3) is 0.462. The van der Waals surface area contributed by atoms with Gasteiger partial charge in [0, 0.05) is 24.7 Å². The third-order valence-electron chi connectivity index (χ3n) is 2.71. The third kappa shape index (κ3) is 3.96. The second kappa shape index (κ2) is 6.06. The molecule has 3 nitrogen and oxygen atoms in total. The predicted molar refractivity (Wildman–Crippen MR) is 66.7 cm³/mol. The highest BCUT2D eigenvalue weighted by Crippen LogP contribution is 2.29. The van der Waals surface area contributed by atoms with Crippen molar-refractivity contribution in [2.45, 2.75) is 26.1 Å². The summed E-state index contributed by atoms with van der Waals surface area (Å²) in [6.07, 6.45) is -4.39. The third-order valence-corrected chi connectivity index (χ3v) is 2.71. The summed E-state index contributed by atoms with van der Waals surface area (Å²) in [5.41, 5.74) is 4.89. The van der Waals surface area contributed by atoms with Gasteiger partial charge in [-0.3, -0.25) is 4.79 Å². The Hall–Kier alpha value is -1.56. The van der Waals surface area contributed by atoms with Crippen LogP contribution in [0.15, 0.2) is 24.3 Å². The fourth-order valence-electron chi connectivity index (χ4n) is 1.70. The van der Waals surface area contributed by atoms with Crippen molar-refractivity contribution in [1.29, 1.82) is 0 Å². The molecule has 0 aliphatic heterocycles. The molecule has 0 aliphatic carbocycles. The summed E-state index contributed by atoms with van der Waals surface area (Å²) < 4.78 is 37.2. The summed E-state index contributed by atoms with van der Waals surface area (Å²) in [5.74, 6) is -0.311. The van der Waals surface area contributed by atoms with Gasteiger partial charge in [-0.25, -0.2) is 0 Å². The number of carbonyl (C=O) groups excluding carboxylic acids is 1. The van der Waals surface area contributed by atoms with Gasteiger partial charge in [0.25, 0.3) is 5.91 Å². The largest absolute Gasteiger partial charge is 0.416 e. The van der Waals surface area contributed by atoms with Crippen LogP contribution in [0.4, 0.5) is 13.2 Å². The van der Waals surface area contributed by atoms with E-state index in [1.54, 1.807) is 0 Å². The maximum atomic E-state index is 12.4. The van der Waals surface area contributed by atoms with Crippen LogP contribution in [0.2, 0.25) is 0 Å². The zero-order valence-electron chi connectivity index (χ0n) is 10.9. The number of benzene rings is 1. The van der Waals surface area contributed by atoms with E-state index in [1.807, 2.05) is 13.8 Å². The Morgan fingerprint density at radius 1 is 1.26 bits per heavy atom. The zero-order chi connectivity index (χ0) is 14.6. The molecule has 0 saturated heterocycles. The Bertz CT molecular complexity index is 427. The minimum absolute atomic E-state index is 0.0571. The van der Waals surface area contributed by atoms with Gasteiger partial charge in [-0.15, -0.1) is 0 Å². The molecule has 0 radical (unpaired) electrons. The van der Waals surface area contributed by atoms with Crippen LogP contribution in [0.25, 0.3) is 0 Å². The molecule has 0 fully saturated rings. The van der Waals surface area contributed by atoms with Crippen LogP contribution in [-0.2, 0) is 6.18 Å². The molecular formula is C13H17F3N2O. The van der Waals surface area contributed by atoms with Gasteiger partial charge in [0.1, 0.15) is 0 Å². The van der Waals surface area contributed by atoms with Gasteiger partial charge in [0.15, 0.2) is 0 Å². The number of amides is 1. The van der Waals surface area contributed by atoms with Crippen LogP contribution in [0.1, 0.15) is 29.8 Å². The van der Waals surface area contributed by atoms with Gasteiger partial charge in [-0.05, 0) is 38.1 Å². The first kappa shape index (κ1) is 15.5. The molecule has 106 valence electrons. The van der Waals surface area contributed by atoms with E-state index in [9.17, 15) is 18.0 Å². The van der Waals surface area contributed by atoms with Gasteiger partial charge >= 0.3 is 6.18 Å². The smallest absolute Gasteiger partial charge is 0.335 e. The molecule has 0 saturated carbocycles. The summed E-state index contributed by atoms with van der Waals surface area (Å²) in [6.45, 7) is 4.34. The number of rotatable bonds is 4. The maximum absolute atomic E-state index is 12.4. The number of nitrogens with two attached hydrogens (primary N) is 1. The number of hydrogen-bond donors (Lipinski definition) is 1. The number of hydrogen-bond acceptors (Lipinski definition) is 2. The van der Waals surface area contributed by atoms with Crippen LogP contribution >= 0.6 is 0 Å². The second-order valence-corrected chi connectivity index (χ2v) is 4.46. The molecule has 0 atom stereocenters. The van der Waals surface area contributed by atoms with E-state index in [0.29, 0.717) is 13.1 Å². The van der Waals surface area contributed by atoms with Crippen molar-refractivity contribution in [3.63, 3.8) is 0 Å². The van der Waals surface area contributed by atoms with Gasteiger partial charge in [-0.1, -0.05) is 0 Å². The number of halogens is 3. The molecule has 0 unspecified atom stereocenters. The number of carbonyl (C=O) groups is 1. The molecule has 1 aromatic carbocycles. The topological polar surface area (TPSA) is 46.3 Å². The van der Waals surface area contributed by atoms with Crippen molar-refractivity contribution in [3.8, 4) is 0 Å². The summed E-state index contributed by atoms with van der Waals surface area (Å²) in [5, 5.41) is 0. The van der Waals surface area contributed by atoms with Crippen LogP contribution < -0.4 is 5.73 Å². The first-order valence-corrected chi connectivity index (χ1v) is 5.95. The average Bonchev–Trinajstić information content (AvgIpc) is 2.34. The van der Waals surface area contributed by atoms with E-state index in [4.69, 9.17) is 5.73 Å². The maximum Gasteiger partial charge on any atom is 0.416 e. The Morgan fingerprint density at radius 2 is 1.79 bits per heavy atom. The Morgan fingerprint density at radius 3 is 2.16 bits per heavy atom. The molecule has 2 N–H and O–H groups in total. The first-order chi connectivity index (χ1) is 8.77. The summed E-state index contributed by atoms with van der Waals surface area (Å²) in [7, 11) is 0. The van der Waals surface area contributed by atoms with E-state index >= 15 is 0 Å². The molecule has 0 aromatic heterocycles. The highest BCUT2D eigenvalue weighted by atomic mass is 19.4. The molecule has 19 heavy (non-hydrogen) atoms. The van der Waals surface area contributed by atoms with Gasteiger partial charge in [0.2, 0.25) is 0 Å². The highest BCUT2D eigenvalue weighted by Gasteiger charge is 2.30. The number of nitrogens with zero attached hydrogens (tertiary/aromatic N) is 1. The standard InChI is InChI=1S/C13H17F3N2O/c1-9(2)18(8-7-17)12(19)10-3-5-11(6-4-10)13(14,15)16/h3-6,9H,7-8,17H2,1-2H3. The number of alkyl halides is 3. The minimum Gasteiger partial charge on any atom is -0.335 e. The lowest BCUT2D eigenvalue weighted by molar-refractivity contribution is -0.137. The van der Waals surface area contributed by atoms with E-state index in [-0.39, 0.29) is 17.5 Å². The molecular weight excluding hydrogens is 257 g/mol. The minimum atomic E-state index is -4.39. The fourth-order valence-corrected chi connectivity index (χ4v) is 1.70. The van der Waals surface area contributed by atoms with Gasteiger partial charge < -0.3 is 10.6 Å². The van der Waals surface area contributed by atoms with E-state index in [1.165, 1.54) is 17.0 Å². The lowest BCUT2D eigenvalue weighted by Gasteiger charge is -2.26. The summed E-state index contributed by atoms with van der Waals surface area (Å²) in [6, 6.07) is 4.15. The molecule has 1 amide bonds. The Labute approximate surface area is 110 Å². The van der Waals surface area contributed by atoms with Crippen molar-refractivity contribution in [3.05, 3.63) is 35.4 Å². The highest BCUT2D eigenvalue weighted by molar-refractivity contribution is 5.94. The SMILES string of the molecule is CC(C)N(CCN)C(=O)c1ccc(C(F)(F)F)cc1. The lowest BCUT2D eigenvalue weighted by Crippen LogP contribution is -2.40. The van der Waals surface area contributed by atoms with E-state index in [2.05, 4.69) is 0 Å². The van der Waals surface area contributed by atoms with Crippen LogP contribution in [0.3, 0.4) is 0 Å². The summed E-state index contributed by atoms with van der Waals surface area (Å²) >= 11 is 0. The molecule has 0 bridgehead atoms. The van der Waals surface area contributed by atoms with E-state index in [0.717, 1.165) is 12.1 Å². The normalized spacial score (nSPS) is 11.7. The van der Waals surface area contributed by atoms with Crippen LogP contribution in [0, 0.1) is 0 Å². The van der Waals surface area contributed by atoms with Crippen molar-refractivity contribution in [1.82, 2.24) is 4.90 Å². The summed E-state index contributed by atoms with van der Waals surface area (Å²) in [4.78, 5) is 13.7. The van der Waals surface area contributed by atoms with Crippen molar-refractivity contribution < 1.29 is 18.0 Å².